The fraction of sp³-hybridized carbons (Fsp3) is 0.0909. The summed E-state index contributed by atoms with van der Waals surface area (Å²) in [5.74, 6) is -1.23. The number of halogens is 3. The van der Waals surface area contributed by atoms with Crippen molar-refractivity contribution in [2.75, 3.05) is 0 Å². The summed E-state index contributed by atoms with van der Waals surface area (Å²) in [6, 6.07) is 6.16. The summed E-state index contributed by atoms with van der Waals surface area (Å²) in [4.78, 5) is 0.481. The Balaban J connectivity index is 2.40. The minimum atomic E-state index is -1.19. The van der Waals surface area contributed by atoms with Crippen molar-refractivity contribution in [1.29, 1.82) is 0 Å². The summed E-state index contributed by atoms with van der Waals surface area (Å²) in [6.07, 6.45) is -1.19. The molecule has 1 unspecified atom stereocenters. The molecule has 1 aromatic heterocycles. The number of hydrogen-bond donors (Lipinski definition) is 1. The zero-order valence-corrected chi connectivity index (χ0v) is 9.53. The first-order valence-corrected chi connectivity index (χ1v) is 5.65. The second kappa shape index (κ2) is 4.49. The van der Waals surface area contributed by atoms with Gasteiger partial charge in [-0.25, -0.2) is 8.78 Å². The monoisotopic (exact) mass is 260 g/mol. The molecule has 5 heteroatoms. The van der Waals surface area contributed by atoms with Gasteiger partial charge >= 0.3 is 0 Å². The van der Waals surface area contributed by atoms with E-state index >= 15 is 0 Å². The maximum Gasteiger partial charge on any atom is 0.129 e. The van der Waals surface area contributed by atoms with E-state index in [0.29, 0.717) is 9.21 Å². The van der Waals surface area contributed by atoms with Crippen LogP contribution in [0, 0.1) is 11.6 Å². The van der Waals surface area contributed by atoms with Crippen LogP contribution >= 0.6 is 22.9 Å². The molecule has 0 aliphatic carbocycles. The molecule has 2 rings (SSSR count). The highest BCUT2D eigenvalue weighted by molar-refractivity contribution is 7.16. The SMILES string of the molecule is OC(c1ccc(Cl)s1)c1cc(F)ccc1F. The topological polar surface area (TPSA) is 20.2 Å². The lowest BCUT2D eigenvalue weighted by atomic mass is 10.1. The van der Waals surface area contributed by atoms with Crippen LogP contribution in [0.2, 0.25) is 4.34 Å². The van der Waals surface area contributed by atoms with Gasteiger partial charge in [-0.1, -0.05) is 11.6 Å². The third kappa shape index (κ3) is 2.24. The van der Waals surface area contributed by atoms with Crippen molar-refractivity contribution in [3.05, 3.63) is 56.7 Å². The molecule has 0 bridgehead atoms. The number of aliphatic hydroxyl groups is 1. The van der Waals surface area contributed by atoms with E-state index in [1.165, 1.54) is 0 Å². The van der Waals surface area contributed by atoms with Gasteiger partial charge in [-0.05, 0) is 30.3 Å². The second-order valence-electron chi connectivity index (χ2n) is 3.21. The van der Waals surface area contributed by atoms with Crippen LogP contribution in [0.3, 0.4) is 0 Å². The Bertz CT molecular complexity index is 512. The summed E-state index contributed by atoms with van der Waals surface area (Å²) in [7, 11) is 0. The van der Waals surface area contributed by atoms with Gasteiger partial charge in [0.15, 0.2) is 0 Å². The quantitative estimate of drug-likeness (QED) is 0.872. The Morgan fingerprint density at radius 3 is 2.56 bits per heavy atom. The first-order chi connectivity index (χ1) is 7.58. The molecule has 1 nitrogen and oxygen atoms in total. The largest absolute Gasteiger partial charge is 0.383 e. The lowest BCUT2D eigenvalue weighted by Crippen LogP contribution is -2.01. The molecule has 1 aromatic carbocycles. The molecule has 2 aromatic rings. The highest BCUT2D eigenvalue weighted by Gasteiger charge is 2.17. The number of benzene rings is 1. The maximum atomic E-state index is 13.4. The molecule has 0 aliphatic rings. The van der Waals surface area contributed by atoms with Crippen LogP contribution in [-0.4, -0.2) is 5.11 Å². The van der Waals surface area contributed by atoms with Gasteiger partial charge in [-0.3, -0.25) is 0 Å². The lowest BCUT2D eigenvalue weighted by Gasteiger charge is -2.09. The highest BCUT2D eigenvalue weighted by atomic mass is 35.5. The van der Waals surface area contributed by atoms with E-state index in [0.717, 1.165) is 29.5 Å². The van der Waals surface area contributed by atoms with Crippen LogP contribution in [0.5, 0.6) is 0 Å². The third-order valence-electron chi connectivity index (χ3n) is 2.12. The smallest absolute Gasteiger partial charge is 0.129 e. The zero-order valence-electron chi connectivity index (χ0n) is 7.95. The van der Waals surface area contributed by atoms with Gasteiger partial charge in [0.2, 0.25) is 0 Å². The first-order valence-electron chi connectivity index (χ1n) is 4.46. The van der Waals surface area contributed by atoms with Crippen LogP contribution < -0.4 is 0 Å². The normalized spacial score (nSPS) is 12.8. The average Bonchev–Trinajstić information content (AvgIpc) is 2.67. The molecule has 84 valence electrons. The first kappa shape index (κ1) is 11.5. The van der Waals surface area contributed by atoms with Crippen molar-refractivity contribution in [2.24, 2.45) is 0 Å². The van der Waals surface area contributed by atoms with Crippen molar-refractivity contribution < 1.29 is 13.9 Å². The number of aliphatic hydroxyl groups excluding tert-OH is 1. The Morgan fingerprint density at radius 2 is 1.94 bits per heavy atom. The minimum Gasteiger partial charge on any atom is -0.383 e. The van der Waals surface area contributed by atoms with E-state index in [9.17, 15) is 13.9 Å². The minimum absolute atomic E-state index is 0.0847. The summed E-state index contributed by atoms with van der Waals surface area (Å²) in [5.41, 5.74) is -0.0847. The molecular formula is C11H7ClF2OS. The van der Waals surface area contributed by atoms with E-state index in [1.807, 2.05) is 0 Å². The van der Waals surface area contributed by atoms with Crippen LogP contribution in [0.1, 0.15) is 16.5 Å². The molecule has 0 spiro atoms. The van der Waals surface area contributed by atoms with Crippen molar-refractivity contribution in [3.8, 4) is 0 Å². The van der Waals surface area contributed by atoms with Crippen LogP contribution in [0.15, 0.2) is 30.3 Å². The maximum absolute atomic E-state index is 13.4. The molecule has 0 amide bonds. The van der Waals surface area contributed by atoms with Gasteiger partial charge in [-0.2, -0.15) is 0 Å². The predicted octanol–water partition coefficient (Wildman–Crippen LogP) is 3.76. The van der Waals surface area contributed by atoms with E-state index in [-0.39, 0.29) is 5.56 Å². The number of rotatable bonds is 2. The second-order valence-corrected chi connectivity index (χ2v) is 4.96. The van der Waals surface area contributed by atoms with Crippen molar-refractivity contribution in [3.63, 3.8) is 0 Å². The Morgan fingerprint density at radius 1 is 1.19 bits per heavy atom. The van der Waals surface area contributed by atoms with Gasteiger partial charge in [0, 0.05) is 10.4 Å². The summed E-state index contributed by atoms with van der Waals surface area (Å²) < 4.78 is 26.8. The van der Waals surface area contributed by atoms with Crippen molar-refractivity contribution >= 4 is 22.9 Å². The molecule has 16 heavy (non-hydrogen) atoms. The van der Waals surface area contributed by atoms with Gasteiger partial charge in [0.05, 0.1) is 4.34 Å². The van der Waals surface area contributed by atoms with Gasteiger partial charge in [0.25, 0.3) is 0 Å². The fourth-order valence-electron chi connectivity index (χ4n) is 1.35. The van der Waals surface area contributed by atoms with Crippen molar-refractivity contribution in [1.82, 2.24) is 0 Å². The highest BCUT2D eigenvalue weighted by Crippen LogP contribution is 2.32. The summed E-state index contributed by atoms with van der Waals surface area (Å²) in [5, 5.41) is 9.86. The molecule has 0 saturated heterocycles. The molecule has 0 fully saturated rings. The summed E-state index contributed by atoms with van der Waals surface area (Å²) >= 11 is 6.83. The van der Waals surface area contributed by atoms with E-state index < -0.39 is 17.7 Å². The molecule has 1 heterocycles. The third-order valence-corrected chi connectivity index (χ3v) is 3.40. The van der Waals surface area contributed by atoms with Gasteiger partial charge < -0.3 is 5.11 Å². The molecule has 0 saturated carbocycles. The number of hydrogen-bond acceptors (Lipinski definition) is 2. The average molecular weight is 261 g/mol. The van der Waals surface area contributed by atoms with Gasteiger partial charge in [0.1, 0.15) is 17.7 Å². The Kier molecular flexibility index (Phi) is 3.23. The fourth-order valence-corrected chi connectivity index (χ4v) is 2.42. The Labute approximate surface area is 99.9 Å². The molecule has 0 aliphatic heterocycles. The Hall–Kier alpha value is -0.970. The van der Waals surface area contributed by atoms with E-state index in [1.54, 1.807) is 12.1 Å². The molecule has 1 atom stereocenters. The number of thiophene rings is 1. The summed E-state index contributed by atoms with van der Waals surface area (Å²) in [6.45, 7) is 0. The molecular weight excluding hydrogens is 254 g/mol. The standard InChI is InChI=1S/C11H7ClF2OS/c12-10-4-3-9(16-10)11(15)7-5-6(13)1-2-8(7)14/h1-5,11,15H. The van der Waals surface area contributed by atoms with Gasteiger partial charge in [-0.15, -0.1) is 11.3 Å². The predicted molar refractivity (Wildman–Crippen MR) is 59.7 cm³/mol. The van der Waals surface area contributed by atoms with Crippen LogP contribution in [-0.2, 0) is 0 Å². The lowest BCUT2D eigenvalue weighted by molar-refractivity contribution is 0.218. The molecule has 0 radical (unpaired) electrons. The van der Waals surface area contributed by atoms with E-state index in [4.69, 9.17) is 11.6 Å². The van der Waals surface area contributed by atoms with E-state index in [2.05, 4.69) is 0 Å². The van der Waals surface area contributed by atoms with Crippen molar-refractivity contribution in [2.45, 2.75) is 6.10 Å². The zero-order chi connectivity index (χ0) is 11.7. The molecule has 1 N–H and O–H groups in total. The van der Waals surface area contributed by atoms with Crippen LogP contribution in [0.25, 0.3) is 0 Å². The van der Waals surface area contributed by atoms with Crippen LogP contribution in [0.4, 0.5) is 8.78 Å².